The van der Waals surface area contributed by atoms with Crippen molar-refractivity contribution >= 4 is 16.9 Å². The number of anilines is 1. The van der Waals surface area contributed by atoms with Crippen LogP contribution in [0.25, 0.3) is 0 Å². The molecule has 7 heteroatoms. The first-order valence-electron chi connectivity index (χ1n) is 13.0. The van der Waals surface area contributed by atoms with Gasteiger partial charge in [-0.25, -0.2) is 18.5 Å². The van der Waals surface area contributed by atoms with Crippen LogP contribution in [0.2, 0.25) is 0 Å². The third kappa shape index (κ3) is 7.01. The summed E-state index contributed by atoms with van der Waals surface area (Å²) in [5, 5.41) is 0. The summed E-state index contributed by atoms with van der Waals surface area (Å²) in [6, 6.07) is 6.38. The number of aryl methyl sites for hydroxylation is 1. The first-order valence-corrected chi connectivity index (χ1v) is 14.5. The van der Waals surface area contributed by atoms with Gasteiger partial charge in [-0.05, 0) is 79.7 Å². The van der Waals surface area contributed by atoms with Gasteiger partial charge < -0.3 is 9.64 Å². The highest BCUT2D eigenvalue weighted by Crippen LogP contribution is 2.26. The van der Waals surface area contributed by atoms with Gasteiger partial charge in [-0.2, -0.15) is 0 Å². The van der Waals surface area contributed by atoms with Gasteiger partial charge in [0.15, 0.2) is 0 Å². The fourth-order valence-corrected chi connectivity index (χ4v) is 5.69. The normalized spacial score (nSPS) is 18.0. The van der Waals surface area contributed by atoms with Gasteiger partial charge in [0.2, 0.25) is 5.95 Å². The van der Waals surface area contributed by atoms with E-state index in [2.05, 4.69) is 40.0 Å². The predicted molar refractivity (Wildman–Crippen MR) is 140 cm³/mol. The number of piperidine rings is 1. The number of rotatable bonds is 11. The summed E-state index contributed by atoms with van der Waals surface area (Å²) in [6.07, 6.45) is 16.3. The van der Waals surface area contributed by atoms with E-state index in [0.717, 1.165) is 69.7 Å². The summed E-state index contributed by atoms with van der Waals surface area (Å²) in [5.41, 5.74) is 3.86. The number of fused-ring (bicyclic) bond motifs is 1. The standard InChI is InChI=1S/C27H40N4O2S/c1-3-4-5-7-23-19-28-27(29-20-23)30-14-11-22(12-15-30)8-6-17-33-26-10-9-25-21-31(34(2)32)16-13-24(25)18-26/h9-10,18-20,22H,3-8,11-17,21H2,1-2H3. The first kappa shape index (κ1) is 25.1. The molecule has 1 aromatic carbocycles. The lowest BCUT2D eigenvalue weighted by atomic mass is 9.92. The molecule has 0 aliphatic carbocycles. The van der Waals surface area contributed by atoms with E-state index in [1.165, 1.54) is 55.2 Å². The van der Waals surface area contributed by atoms with Crippen molar-refractivity contribution in [2.75, 3.05) is 37.4 Å². The zero-order valence-corrected chi connectivity index (χ0v) is 21.7. The zero-order valence-electron chi connectivity index (χ0n) is 20.9. The molecule has 186 valence electrons. The van der Waals surface area contributed by atoms with E-state index in [9.17, 15) is 4.21 Å². The average Bonchev–Trinajstić information content (AvgIpc) is 2.87. The molecule has 0 spiro atoms. The Hall–Kier alpha value is -1.99. The Morgan fingerprint density at radius 3 is 2.59 bits per heavy atom. The third-order valence-corrected chi connectivity index (χ3v) is 8.24. The molecule has 1 aromatic heterocycles. The molecule has 2 aromatic rings. The SMILES string of the molecule is CCCCCc1cnc(N2CCC(CCCOc3ccc4c(c3)CCN(S(C)=O)C4)CC2)nc1. The van der Waals surface area contributed by atoms with E-state index in [1.54, 1.807) is 6.26 Å². The van der Waals surface area contributed by atoms with Crippen LogP contribution in [-0.4, -0.2) is 51.0 Å². The fraction of sp³-hybridized carbons (Fsp3) is 0.630. The summed E-state index contributed by atoms with van der Waals surface area (Å²) >= 11 is 0. The van der Waals surface area contributed by atoms with Crippen molar-refractivity contribution in [3.05, 3.63) is 47.3 Å². The Balaban J connectivity index is 1.14. The Morgan fingerprint density at radius 2 is 1.85 bits per heavy atom. The minimum atomic E-state index is -0.897. The van der Waals surface area contributed by atoms with Gasteiger partial charge in [0.05, 0.1) is 17.6 Å². The van der Waals surface area contributed by atoms with Gasteiger partial charge in [0, 0.05) is 44.8 Å². The van der Waals surface area contributed by atoms with Gasteiger partial charge in [-0.3, -0.25) is 0 Å². The van der Waals surface area contributed by atoms with Gasteiger partial charge in [0.1, 0.15) is 5.75 Å². The maximum Gasteiger partial charge on any atom is 0.225 e. The molecule has 0 bridgehead atoms. The fourth-order valence-electron chi connectivity index (χ4n) is 5.02. The van der Waals surface area contributed by atoms with Crippen LogP contribution in [0.15, 0.2) is 30.6 Å². The maximum atomic E-state index is 11.7. The third-order valence-electron chi connectivity index (χ3n) is 7.20. The van der Waals surface area contributed by atoms with Crippen molar-refractivity contribution < 1.29 is 8.95 Å². The van der Waals surface area contributed by atoms with Crippen LogP contribution in [0, 0.1) is 5.92 Å². The van der Waals surface area contributed by atoms with E-state index in [1.807, 2.05) is 16.7 Å². The second-order valence-corrected chi connectivity index (χ2v) is 11.1. The molecule has 6 nitrogen and oxygen atoms in total. The molecule has 0 radical (unpaired) electrons. The van der Waals surface area contributed by atoms with Gasteiger partial charge >= 0.3 is 0 Å². The van der Waals surface area contributed by atoms with Crippen LogP contribution >= 0.6 is 0 Å². The lowest BCUT2D eigenvalue weighted by Gasteiger charge is -2.32. The van der Waals surface area contributed by atoms with Crippen molar-refractivity contribution in [1.82, 2.24) is 14.3 Å². The molecule has 1 atom stereocenters. The van der Waals surface area contributed by atoms with Crippen molar-refractivity contribution in [2.24, 2.45) is 5.92 Å². The van der Waals surface area contributed by atoms with Crippen molar-refractivity contribution in [3.63, 3.8) is 0 Å². The monoisotopic (exact) mass is 484 g/mol. The van der Waals surface area contributed by atoms with Gasteiger partial charge in [-0.1, -0.05) is 25.8 Å². The summed E-state index contributed by atoms with van der Waals surface area (Å²) in [7, 11) is -0.897. The molecule has 0 N–H and O–H groups in total. The number of aromatic nitrogens is 2. The maximum absolute atomic E-state index is 11.7. The predicted octanol–water partition coefficient (Wildman–Crippen LogP) is 4.94. The second-order valence-electron chi connectivity index (χ2n) is 9.74. The summed E-state index contributed by atoms with van der Waals surface area (Å²) in [5.74, 6) is 2.62. The van der Waals surface area contributed by atoms with Crippen LogP contribution in [0.1, 0.15) is 68.6 Å². The molecule has 3 heterocycles. The molecule has 1 saturated heterocycles. The Kier molecular flexibility index (Phi) is 9.33. The number of nitrogens with zero attached hydrogens (tertiary/aromatic N) is 4. The minimum Gasteiger partial charge on any atom is -0.494 e. The first-order chi connectivity index (χ1) is 16.6. The van der Waals surface area contributed by atoms with Gasteiger partial charge in [-0.15, -0.1) is 0 Å². The minimum absolute atomic E-state index is 0.762. The average molecular weight is 485 g/mol. The highest BCUT2D eigenvalue weighted by Gasteiger charge is 2.21. The molecular formula is C27H40N4O2S. The second kappa shape index (κ2) is 12.6. The van der Waals surface area contributed by atoms with Crippen molar-refractivity contribution in [2.45, 2.75) is 71.3 Å². The quantitative estimate of drug-likeness (QED) is 0.423. The number of hydrogen-bond acceptors (Lipinski definition) is 5. The summed E-state index contributed by atoms with van der Waals surface area (Å²) in [6.45, 7) is 6.72. The highest BCUT2D eigenvalue weighted by atomic mass is 32.2. The number of ether oxygens (including phenoxy) is 1. The van der Waals surface area contributed by atoms with Gasteiger partial charge in [0.25, 0.3) is 0 Å². The van der Waals surface area contributed by atoms with Crippen LogP contribution in [0.3, 0.4) is 0 Å². The molecule has 1 unspecified atom stereocenters. The Morgan fingerprint density at radius 1 is 1.06 bits per heavy atom. The number of unbranched alkanes of at least 4 members (excludes halogenated alkanes) is 2. The van der Waals surface area contributed by atoms with Crippen LogP contribution in [-0.2, 0) is 30.4 Å². The van der Waals surface area contributed by atoms with Crippen LogP contribution in [0.5, 0.6) is 5.75 Å². The number of benzene rings is 1. The van der Waals surface area contributed by atoms with E-state index in [-0.39, 0.29) is 0 Å². The lowest BCUT2D eigenvalue weighted by molar-refractivity contribution is 0.278. The molecule has 4 rings (SSSR count). The van der Waals surface area contributed by atoms with Crippen molar-refractivity contribution in [1.29, 1.82) is 0 Å². The zero-order chi connectivity index (χ0) is 23.8. The highest BCUT2D eigenvalue weighted by molar-refractivity contribution is 7.81. The largest absolute Gasteiger partial charge is 0.494 e. The van der Waals surface area contributed by atoms with E-state index in [0.29, 0.717) is 0 Å². The van der Waals surface area contributed by atoms with E-state index < -0.39 is 11.0 Å². The molecule has 1 fully saturated rings. The van der Waals surface area contributed by atoms with E-state index >= 15 is 0 Å². The molecule has 2 aliphatic rings. The molecule has 0 saturated carbocycles. The Labute approximate surface area is 207 Å². The summed E-state index contributed by atoms with van der Waals surface area (Å²) < 4.78 is 19.8. The topological polar surface area (TPSA) is 58.6 Å². The Bertz CT molecular complexity index is 929. The number of hydrogen-bond donors (Lipinski definition) is 0. The smallest absolute Gasteiger partial charge is 0.225 e. The van der Waals surface area contributed by atoms with E-state index in [4.69, 9.17) is 4.74 Å². The molecule has 34 heavy (non-hydrogen) atoms. The molecule has 2 aliphatic heterocycles. The van der Waals surface area contributed by atoms with Crippen LogP contribution in [0.4, 0.5) is 5.95 Å². The van der Waals surface area contributed by atoms with Crippen molar-refractivity contribution in [3.8, 4) is 5.75 Å². The molecular weight excluding hydrogens is 444 g/mol. The van der Waals surface area contributed by atoms with Crippen LogP contribution < -0.4 is 9.64 Å². The summed E-state index contributed by atoms with van der Waals surface area (Å²) in [4.78, 5) is 11.6. The molecule has 0 amide bonds. The lowest BCUT2D eigenvalue weighted by Crippen LogP contribution is -2.35.